The maximum Gasteiger partial charge on any atom is 0.245 e. The van der Waals surface area contributed by atoms with Gasteiger partial charge in [-0.1, -0.05) is 31.4 Å². The first kappa shape index (κ1) is 22.2. The number of fused-ring (bicyclic) bond motifs is 1. The molecule has 1 amide bonds. The van der Waals surface area contributed by atoms with Gasteiger partial charge in [-0.2, -0.15) is 0 Å². The zero-order valence-electron chi connectivity index (χ0n) is 18.6. The van der Waals surface area contributed by atoms with Crippen molar-refractivity contribution in [3.63, 3.8) is 0 Å². The van der Waals surface area contributed by atoms with E-state index in [0.717, 1.165) is 35.5 Å². The van der Waals surface area contributed by atoms with Crippen LogP contribution in [0.2, 0.25) is 0 Å². The maximum absolute atomic E-state index is 13.5. The molecule has 1 unspecified atom stereocenters. The van der Waals surface area contributed by atoms with Crippen LogP contribution in [0.5, 0.6) is 0 Å². The van der Waals surface area contributed by atoms with Crippen LogP contribution < -0.4 is 16.0 Å². The van der Waals surface area contributed by atoms with Gasteiger partial charge in [-0.25, -0.2) is 0 Å². The van der Waals surface area contributed by atoms with Gasteiger partial charge in [-0.05, 0) is 57.7 Å². The minimum Gasteiger partial charge on any atom is -0.398 e. The van der Waals surface area contributed by atoms with Crippen LogP contribution in [-0.2, 0) is 4.79 Å². The predicted octanol–water partition coefficient (Wildman–Crippen LogP) is 5.32. The summed E-state index contributed by atoms with van der Waals surface area (Å²) in [7, 11) is 0. The number of pyridine rings is 1. The van der Waals surface area contributed by atoms with Crippen molar-refractivity contribution < 1.29 is 4.79 Å². The lowest BCUT2D eigenvalue weighted by Gasteiger charge is -2.39. The average Bonchev–Trinajstić information content (AvgIpc) is 2.75. The lowest BCUT2D eigenvalue weighted by Crippen LogP contribution is -2.50. The number of nitrogens with two attached hydrogens (primary N) is 1. The number of hydrogen-bond donors (Lipinski definition) is 2. The number of nitrogen functional groups attached to an aromatic ring is 1. The Morgan fingerprint density at radius 2 is 2.10 bits per heavy atom. The van der Waals surface area contributed by atoms with Gasteiger partial charge in [0.2, 0.25) is 5.91 Å². The molecular weight excluding hydrogens is 404 g/mol. The lowest BCUT2D eigenvalue weighted by molar-refractivity contribution is -0.118. The molecule has 0 saturated carbocycles. The van der Waals surface area contributed by atoms with Crippen LogP contribution in [0, 0.1) is 0 Å². The van der Waals surface area contributed by atoms with Gasteiger partial charge in [0, 0.05) is 46.7 Å². The second-order valence-corrected chi connectivity index (χ2v) is 10.4. The number of nitrogens with zero attached hydrogens (tertiary/aromatic N) is 2. The van der Waals surface area contributed by atoms with Gasteiger partial charge in [0.1, 0.15) is 5.25 Å². The van der Waals surface area contributed by atoms with Crippen LogP contribution in [0.25, 0.3) is 0 Å². The third-order valence-electron chi connectivity index (χ3n) is 6.63. The zero-order valence-corrected chi connectivity index (χ0v) is 19.5. The Labute approximate surface area is 190 Å². The molecule has 1 aromatic heterocycles. The largest absolute Gasteiger partial charge is 0.398 e. The van der Waals surface area contributed by atoms with E-state index < -0.39 is 0 Å². The fourth-order valence-electron chi connectivity index (χ4n) is 4.98. The molecule has 4 rings (SSSR count). The molecule has 3 atom stereocenters. The number of amides is 1. The van der Waals surface area contributed by atoms with Crippen molar-refractivity contribution in [2.24, 2.45) is 0 Å². The van der Waals surface area contributed by atoms with Crippen molar-refractivity contribution in [1.29, 1.82) is 0 Å². The van der Waals surface area contributed by atoms with Crippen molar-refractivity contribution in [2.75, 3.05) is 17.2 Å². The summed E-state index contributed by atoms with van der Waals surface area (Å²) in [6, 6.07) is 10.6. The maximum atomic E-state index is 13.5. The number of thioether (sulfide) groups is 1. The molecule has 1 saturated heterocycles. The molecule has 5 nitrogen and oxygen atoms in total. The number of aromatic nitrogens is 1. The van der Waals surface area contributed by atoms with Crippen molar-refractivity contribution in [3.8, 4) is 0 Å². The van der Waals surface area contributed by atoms with E-state index in [2.05, 4.69) is 36.3 Å². The third kappa shape index (κ3) is 5.07. The number of nitrogens with one attached hydrogen (secondary N) is 1. The number of hydrogen-bond acceptors (Lipinski definition) is 5. The van der Waals surface area contributed by atoms with Gasteiger partial charge in [0.15, 0.2) is 0 Å². The third-order valence-corrected chi connectivity index (χ3v) is 7.92. The highest BCUT2D eigenvalue weighted by Gasteiger charge is 2.35. The Hall–Kier alpha value is -2.05. The molecule has 1 fully saturated rings. The molecular formula is C25H34N4OS. The molecule has 0 aliphatic carbocycles. The number of para-hydroxylation sites is 1. The summed E-state index contributed by atoms with van der Waals surface area (Å²) < 4.78 is 0. The fraction of sp³-hybridized carbons (Fsp3) is 0.520. The molecule has 3 heterocycles. The summed E-state index contributed by atoms with van der Waals surface area (Å²) in [6.45, 7) is 5.40. The Morgan fingerprint density at radius 3 is 2.90 bits per heavy atom. The summed E-state index contributed by atoms with van der Waals surface area (Å²) in [5, 5.41) is 3.46. The topological polar surface area (TPSA) is 71.2 Å². The first-order valence-electron chi connectivity index (χ1n) is 11.5. The Kier molecular flexibility index (Phi) is 6.87. The van der Waals surface area contributed by atoms with Gasteiger partial charge in [-0.15, -0.1) is 11.8 Å². The highest BCUT2D eigenvalue weighted by molar-refractivity contribution is 8.00. The van der Waals surface area contributed by atoms with E-state index in [1.807, 2.05) is 17.0 Å². The van der Waals surface area contributed by atoms with Crippen LogP contribution in [0.3, 0.4) is 0 Å². The van der Waals surface area contributed by atoms with Crippen LogP contribution in [0.15, 0.2) is 47.6 Å². The fourth-order valence-corrected chi connectivity index (χ4v) is 6.24. The number of piperidine rings is 1. The van der Waals surface area contributed by atoms with Crippen molar-refractivity contribution >= 4 is 29.0 Å². The number of carbonyl (C=O) groups is 1. The quantitative estimate of drug-likeness (QED) is 0.572. The standard InChI is InChI=1S/C25H34N4OS/c1-18-9-8-14-25(2,28-18)13-6-3-7-16-29-21-10-4-5-11-22(21)31-23(24(29)30)19-17-27-15-12-20(19)26/h4-5,10-12,15,17-18,23,28H,3,6-9,13-14,16H2,1-2H3,(H2,26,27)/t18-,23?,25+/m0/s1. The summed E-state index contributed by atoms with van der Waals surface area (Å²) in [4.78, 5) is 20.8. The van der Waals surface area contributed by atoms with Crippen molar-refractivity contribution in [3.05, 3.63) is 48.3 Å². The van der Waals surface area contributed by atoms with Crippen molar-refractivity contribution in [1.82, 2.24) is 10.3 Å². The van der Waals surface area contributed by atoms with Crippen LogP contribution in [0.1, 0.15) is 69.6 Å². The summed E-state index contributed by atoms with van der Waals surface area (Å²) >= 11 is 1.58. The SMILES string of the molecule is C[C@H]1CCC[C@@](C)(CCCCCN2C(=O)C(c3cnccc3N)Sc3ccccc32)N1. The second-order valence-electron chi connectivity index (χ2n) is 9.27. The second kappa shape index (κ2) is 9.61. The Balaban J connectivity index is 1.40. The van der Waals surface area contributed by atoms with E-state index in [9.17, 15) is 4.79 Å². The van der Waals surface area contributed by atoms with Gasteiger partial charge in [0.25, 0.3) is 0 Å². The predicted molar refractivity (Wildman–Crippen MR) is 129 cm³/mol. The van der Waals surface area contributed by atoms with E-state index in [1.54, 1.807) is 30.2 Å². The number of benzene rings is 1. The summed E-state index contributed by atoms with van der Waals surface area (Å²) in [6.07, 6.45) is 11.8. The summed E-state index contributed by atoms with van der Waals surface area (Å²) in [5.41, 5.74) is 8.90. The molecule has 6 heteroatoms. The monoisotopic (exact) mass is 438 g/mol. The van der Waals surface area contributed by atoms with E-state index in [4.69, 9.17) is 5.73 Å². The first-order chi connectivity index (χ1) is 15.0. The van der Waals surface area contributed by atoms with Gasteiger partial charge in [0.05, 0.1) is 5.69 Å². The van der Waals surface area contributed by atoms with Gasteiger partial charge in [-0.3, -0.25) is 9.78 Å². The Morgan fingerprint density at radius 1 is 1.26 bits per heavy atom. The molecule has 1 aromatic carbocycles. The van der Waals surface area contributed by atoms with Crippen LogP contribution in [0.4, 0.5) is 11.4 Å². The molecule has 2 aliphatic heterocycles. The molecule has 3 N–H and O–H groups in total. The van der Waals surface area contributed by atoms with Gasteiger partial charge >= 0.3 is 0 Å². The molecule has 166 valence electrons. The smallest absolute Gasteiger partial charge is 0.245 e. The van der Waals surface area contributed by atoms with Crippen LogP contribution >= 0.6 is 11.8 Å². The minimum absolute atomic E-state index is 0.109. The number of rotatable bonds is 7. The first-order valence-corrected chi connectivity index (χ1v) is 12.4. The number of anilines is 2. The van der Waals surface area contributed by atoms with Gasteiger partial charge < -0.3 is 16.0 Å². The normalized spacial score (nSPS) is 26.0. The van der Waals surface area contributed by atoms with E-state index in [0.29, 0.717) is 11.7 Å². The lowest BCUT2D eigenvalue weighted by atomic mass is 9.84. The zero-order chi connectivity index (χ0) is 21.8. The molecule has 31 heavy (non-hydrogen) atoms. The number of unbranched alkanes of at least 4 members (excludes halogenated alkanes) is 2. The number of carbonyl (C=O) groups excluding carboxylic acids is 1. The van der Waals surface area contributed by atoms with Crippen LogP contribution in [-0.4, -0.2) is 29.0 Å². The average molecular weight is 439 g/mol. The molecule has 0 spiro atoms. The molecule has 2 aliphatic rings. The molecule has 0 bridgehead atoms. The van der Waals surface area contributed by atoms with Crippen molar-refractivity contribution in [2.45, 2.75) is 80.5 Å². The molecule has 2 aromatic rings. The minimum atomic E-state index is -0.338. The molecule has 0 radical (unpaired) electrons. The summed E-state index contributed by atoms with van der Waals surface area (Å²) in [5.74, 6) is 0.109. The Bertz CT molecular complexity index is 920. The highest BCUT2D eigenvalue weighted by atomic mass is 32.2. The van der Waals surface area contributed by atoms with E-state index >= 15 is 0 Å². The van der Waals surface area contributed by atoms with E-state index in [-0.39, 0.29) is 16.7 Å². The highest BCUT2D eigenvalue weighted by Crippen LogP contribution is 2.47. The van der Waals surface area contributed by atoms with E-state index in [1.165, 1.54) is 32.1 Å².